The Labute approximate surface area is 126 Å². The van der Waals surface area contributed by atoms with Crippen LogP contribution in [-0.4, -0.2) is 6.54 Å². The van der Waals surface area contributed by atoms with Crippen LogP contribution in [0.4, 0.5) is 0 Å². The quantitative estimate of drug-likeness (QED) is 0.814. The Balaban J connectivity index is 1.50. The van der Waals surface area contributed by atoms with Crippen LogP contribution in [-0.2, 0) is 0 Å². The van der Waals surface area contributed by atoms with E-state index in [1.165, 1.54) is 31.2 Å². The fraction of sp³-hybridized carbons (Fsp3) is 0.474. The highest BCUT2D eigenvalue weighted by Gasteiger charge is 2.41. The van der Waals surface area contributed by atoms with Gasteiger partial charge in [0.2, 0.25) is 0 Å². The maximum atomic E-state index is 5.67. The second-order valence-electron chi connectivity index (χ2n) is 6.61. The predicted molar refractivity (Wildman–Crippen MR) is 83.9 cm³/mol. The first kappa shape index (κ1) is 13.1. The lowest BCUT2D eigenvalue weighted by Crippen LogP contribution is -2.30. The Hall–Kier alpha value is -1.54. The van der Waals surface area contributed by atoms with E-state index in [0.29, 0.717) is 0 Å². The van der Waals surface area contributed by atoms with E-state index in [1.807, 2.05) is 6.07 Å². The van der Waals surface area contributed by atoms with Crippen molar-refractivity contribution in [2.24, 2.45) is 17.8 Å². The maximum absolute atomic E-state index is 5.67. The molecular formula is C19H23NO. The molecule has 2 heteroatoms. The van der Waals surface area contributed by atoms with Crippen molar-refractivity contribution in [1.29, 1.82) is 0 Å². The van der Waals surface area contributed by atoms with Crippen LogP contribution in [0.1, 0.15) is 43.0 Å². The van der Waals surface area contributed by atoms with Gasteiger partial charge in [-0.25, -0.2) is 0 Å². The molecule has 2 aromatic rings. The summed E-state index contributed by atoms with van der Waals surface area (Å²) in [6, 6.07) is 14.9. The van der Waals surface area contributed by atoms with Crippen LogP contribution >= 0.6 is 0 Å². The molecule has 1 atom stereocenters. The molecule has 2 aliphatic carbocycles. The van der Waals surface area contributed by atoms with Crippen molar-refractivity contribution in [2.75, 3.05) is 6.54 Å². The Bertz CT molecular complexity index is 543. The number of hydrogen-bond donors (Lipinski definition) is 1. The first-order chi connectivity index (χ1) is 10.4. The third-order valence-corrected chi connectivity index (χ3v) is 4.97. The summed E-state index contributed by atoms with van der Waals surface area (Å²) >= 11 is 0. The molecule has 2 aliphatic rings. The summed E-state index contributed by atoms with van der Waals surface area (Å²) in [6.07, 6.45) is 7.55. The minimum atomic E-state index is 0.182. The highest BCUT2D eigenvalue weighted by atomic mass is 16.3. The van der Waals surface area contributed by atoms with Crippen molar-refractivity contribution in [3.8, 4) is 0 Å². The fourth-order valence-corrected chi connectivity index (χ4v) is 3.50. The highest BCUT2D eigenvalue weighted by molar-refractivity contribution is 5.26. The summed E-state index contributed by atoms with van der Waals surface area (Å²) < 4.78 is 5.67. The number of furan rings is 1. The Kier molecular flexibility index (Phi) is 3.56. The van der Waals surface area contributed by atoms with Crippen molar-refractivity contribution in [3.05, 3.63) is 60.1 Å². The molecule has 21 heavy (non-hydrogen) atoms. The van der Waals surface area contributed by atoms with Crippen molar-refractivity contribution in [2.45, 2.75) is 31.7 Å². The maximum Gasteiger partial charge on any atom is 0.125 e. The number of rotatable bonds is 7. The number of nitrogens with one attached hydrogen (secondary N) is 1. The third kappa shape index (κ3) is 3.06. The zero-order valence-electron chi connectivity index (χ0n) is 12.4. The molecule has 4 rings (SSSR count). The molecule has 0 radical (unpaired) electrons. The molecule has 0 bridgehead atoms. The van der Waals surface area contributed by atoms with E-state index >= 15 is 0 Å². The lowest BCUT2D eigenvalue weighted by atomic mass is 9.96. The van der Waals surface area contributed by atoms with E-state index in [4.69, 9.17) is 4.42 Å². The van der Waals surface area contributed by atoms with E-state index in [-0.39, 0.29) is 6.04 Å². The van der Waals surface area contributed by atoms with Gasteiger partial charge >= 0.3 is 0 Å². The van der Waals surface area contributed by atoms with Crippen LogP contribution in [0.2, 0.25) is 0 Å². The van der Waals surface area contributed by atoms with Crippen LogP contribution in [0, 0.1) is 17.8 Å². The zero-order valence-corrected chi connectivity index (χ0v) is 12.4. The molecular weight excluding hydrogens is 258 g/mol. The monoisotopic (exact) mass is 281 g/mol. The first-order valence-corrected chi connectivity index (χ1v) is 8.23. The number of benzene rings is 1. The highest BCUT2D eigenvalue weighted by Crippen LogP contribution is 2.49. The van der Waals surface area contributed by atoms with Crippen LogP contribution in [0.25, 0.3) is 0 Å². The predicted octanol–water partition coefficient (Wildman–Crippen LogP) is 4.39. The third-order valence-electron chi connectivity index (χ3n) is 4.97. The van der Waals surface area contributed by atoms with Gasteiger partial charge < -0.3 is 9.73 Å². The number of hydrogen-bond acceptors (Lipinski definition) is 2. The van der Waals surface area contributed by atoms with Gasteiger partial charge in [-0.1, -0.05) is 30.3 Å². The molecule has 1 N–H and O–H groups in total. The summed E-state index contributed by atoms with van der Waals surface area (Å²) in [5.41, 5.74) is 1.29. The van der Waals surface area contributed by atoms with Gasteiger partial charge in [0.25, 0.3) is 0 Å². The molecule has 2 fully saturated rings. The van der Waals surface area contributed by atoms with Gasteiger partial charge in [0.1, 0.15) is 5.76 Å². The van der Waals surface area contributed by atoms with Crippen molar-refractivity contribution in [1.82, 2.24) is 5.32 Å². The van der Waals surface area contributed by atoms with Crippen molar-refractivity contribution in [3.63, 3.8) is 0 Å². The van der Waals surface area contributed by atoms with Gasteiger partial charge in [-0.05, 0) is 67.7 Å². The standard InChI is InChI=1S/C19H23NO/c1-2-5-16(6-3-1)19(18-7-4-12-21-18)20-13-17(14-8-9-14)15-10-11-15/h1-7,12,14-15,17,19-20H,8-11,13H2. The van der Waals surface area contributed by atoms with Crippen molar-refractivity contribution >= 4 is 0 Å². The van der Waals surface area contributed by atoms with Gasteiger partial charge in [-0.2, -0.15) is 0 Å². The van der Waals surface area contributed by atoms with Gasteiger partial charge in [0.05, 0.1) is 12.3 Å². The van der Waals surface area contributed by atoms with E-state index in [1.54, 1.807) is 6.26 Å². The van der Waals surface area contributed by atoms with Crippen LogP contribution in [0.15, 0.2) is 53.1 Å². The second-order valence-corrected chi connectivity index (χ2v) is 6.61. The molecule has 1 unspecified atom stereocenters. The zero-order chi connectivity index (χ0) is 14.1. The Morgan fingerprint density at radius 1 is 0.952 bits per heavy atom. The van der Waals surface area contributed by atoms with Crippen molar-refractivity contribution < 1.29 is 4.42 Å². The molecule has 1 aromatic heterocycles. The van der Waals surface area contributed by atoms with E-state index in [2.05, 4.69) is 41.7 Å². The minimum Gasteiger partial charge on any atom is -0.467 e. The lowest BCUT2D eigenvalue weighted by molar-refractivity contribution is 0.350. The molecule has 0 saturated heterocycles. The summed E-state index contributed by atoms with van der Waals surface area (Å²) in [7, 11) is 0. The molecule has 2 saturated carbocycles. The normalized spacial score (nSPS) is 19.9. The van der Waals surface area contributed by atoms with Crippen LogP contribution < -0.4 is 5.32 Å². The average molecular weight is 281 g/mol. The van der Waals surface area contributed by atoms with Gasteiger partial charge in [0, 0.05) is 0 Å². The largest absolute Gasteiger partial charge is 0.467 e. The summed E-state index contributed by atoms with van der Waals surface area (Å²) in [5, 5.41) is 3.79. The smallest absolute Gasteiger partial charge is 0.125 e. The average Bonchev–Trinajstić information content (AvgIpc) is 3.46. The second kappa shape index (κ2) is 5.69. The van der Waals surface area contributed by atoms with E-state index in [0.717, 1.165) is 30.1 Å². The topological polar surface area (TPSA) is 25.2 Å². The first-order valence-electron chi connectivity index (χ1n) is 8.23. The van der Waals surface area contributed by atoms with Crippen LogP contribution in [0.3, 0.4) is 0 Å². The molecule has 1 aromatic carbocycles. The fourth-order valence-electron chi connectivity index (χ4n) is 3.50. The van der Waals surface area contributed by atoms with Gasteiger partial charge in [-0.3, -0.25) is 0 Å². The Morgan fingerprint density at radius 3 is 2.24 bits per heavy atom. The summed E-state index contributed by atoms with van der Waals surface area (Å²) in [4.78, 5) is 0. The lowest BCUT2D eigenvalue weighted by Gasteiger charge is -2.22. The van der Waals surface area contributed by atoms with E-state index < -0.39 is 0 Å². The van der Waals surface area contributed by atoms with Crippen LogP contribution in [0.5, 0.6) is 0 Å². The SMILES string of the molecule is c1ccc(C(NCC(C2CC2)C2CC2)c2ccco2)cc1. The minimum absolute atomic E-state index is 0.182. The molecule has 110 valence electrons. The van der Waals surface area contributed by atoms with E-state index in [9.17, 15) is 0 Å². The van der Waals surface area contributed by atoms with Gasteiger partial charge in [0.15, 0.2) is 0 Å². The Morgan fingerprint density at radius 2 is 1.67 bits per heavy atom. The molecule has 0 aliphatic heterocycles. The molecule has 1 heterocycles. The molecule has 0 spiro atoms. The molecule has 2 nitrogen and oxygen atoms in total. The summed E-state index contributed by atoms with van der Waals surface area (Å²) in [5.74, 6) is 3.87. The summed E-state index contributed by atoms with van der Waals surface area (Å²) in [6.45, 7) is 1.12. The molecule has 0 amide bonds. The van der Waals surface area contributed by atoms with Gasteiger partial charge in [-0.15, -0.1) is 0 Å².